The third-order valence-electron chi connectivity index (χ3n) is 5.68. The van der Waals surface area contributed by atoms with Crippen LogP contribution in [0.25, 0.3) is 5.69 Å². The number of hydrogen-bond acceptors (Lipinski definition) is 4. The zero-order valence-corrected chi connectivity index (χ0v) is 18.4. The van der Waals surface area contributed by atoms with E-state index < -0.39 is 0 Å². The summed E-state index contributed by atoms with van der Waals surface area (Å²) in [4.78, 5) is 15.4. The van der Waals surface area contributed by atoms with E-state index in [4.69, 9.17) is 9.47 Å². The predicted octanol–water partition coefficient (Wildman–Crippen LogP) is 4.19. The number of benzene rings is 2. The number of carbonyl (C=O) groups excluding carboxylic acids is 1. The molecular weight excluding hydrogens is 390 g/mol. The van der Waals surface area contributed by atoms with Crippen LogP contribution in [0.1, 0.15) is 27.3 Å². The Hall–Kier alpha value is -3.09. The molecule has 2 aromatic carbocycles. The Balaban J connectivity index is 1.52. The second-order valence-electron chi connectivity index (χ2n) is 7.86. The van der Waals surface area contributed by atoms with E-state index in [2.05, 4.69) is 26.9 Å². The van der Waals surface area contributed by atoms with Gasteiger partial charge in [-0.05, 0) is 49.7 Å². The van der Waals surface area contributed by atoms with Crippen molar-refractivity contribution in [1.82, 2.24) is 9.47 Å². The lowest BCUT2D eigenvalue weighted by molar-refractivity contribution is 0.0342. The summed E-state index contributed by atoms with van der Waals surface area (Å²) in [5.41, 5.74) is 5.52. The number of amides is 1. The molecule has 1 aliphatic heterocycles. The molecular formula is C25H29N3O3. The summed E-state index contributed by atoms with van der Waals surface area (Å²) >= 11 is 0. The average Bonchev–Trinajstić information content (AvgIpc) is 3.09. The number of aromatic nitrogens is 1. The van der Waals surface area contributed by atoms with Crippen LogP contribution in [0.2, 0.25) is 0 Å². The standard InChI is InChI=1S/C25H29N3O3/c1-18-14-24(19(2)28(18)22-8-5-9-23(16-22)30-3)25(29)26-21-7-4-6-20(15-21)17-27-10-12-31-13-11-27/h4-9,14-16H,10-13,17H2,1-3H3,(H,26,29). The van der Waals surface area contributed by atoms with Gasteiger partial charge in [-0.3, -0.25) is 9.69 Å². The number of aryl methyl sites for hydroxylation is 1. The highest BCUT2D eigenvalue weighted by Gasteiger charge is 2.18. The molecule has 2 heterocycles. The molecule has 31 heavy (non-hydrogen) atoms. The monoisotopic (exact) mass is 419 g/mol. The van der Waals surface area contributed by atoms with E-state index in [1.165, 1.54) is 5.56 Å². The minimum Gasteiger partial charge on any atom is -0.497 e. The van der Waals surface area contributed by atoms with Crippen LogP contribution in [-0.4, -0.2) is 48.8 Å². The SMILES string of the molecule is COc1cccc(-n2c(C)cc(C(=O)Nc3cccc(CN4CCOCC4)c3)c2C)c1. The molecule has 0 bridgehead atoms. The molecule has 0 aliphatic carbocycles. The van der Waals surface area contributed by atoms with E-state index in [1.807, 2.05) is 56.3 Å². The Labute approximate surface area is 183 Å². The Kier molecular flexibility index (Phi) is 6.39. The summed E-state index contributed by atoms with van der Waals surface area (Å²) in [5.74, 6) is 0.679. The Bertz CT molecular complexity index is 1070. The molecule has 1 fully saturated rings. The maximum Gasteiger partial charge on any atom is 0.257 e. The fourth-order valence-corrected chi connectivity index (χ4v) is 4.10. The van der Waals surface area contributed by atoms with Gasteiger partial charge in [-0.25, -0.2) is 0 Å². The van der Waals surface area contributed by atoms with Crippen molar-refractivity contribution in [3.63, 3.8) is 0 Å². The first-order chi connectivity index (χ1) is 15.0. The number of carbonyl (C=O) groups is 1. The Morgan fingerprint density at radius 3 is 2.61 bits per heavy atom. The van der Waals surface area contributed by atoms with Crippen LogP contribution in [0.15, 0.2) is 54.6 Å². The molecule has 4 rings (SSSR count). The first kappa shape index (κ1) is 21.2. The van der Waals surface area contributed by atoms with Crippen LogP contribution in [0.4, 0.5) is 5.69 Å². The summed E-state index contributed by atoms with van der Waals surface area (Å²) in [5, 5.41) is 3.07. The van der Waals surface area contributed by atoms with E-state index in [0.29, 0.717) is 5.56 Å². The summed E-state index contributed by atoms with van der Waals surface area (Å²) in [6, 6.07) is 17.8. The lowest BCUT2D eigenvalue weighted by Gasteiger charge is -2.26. The summed E-state index contributed by atoms with van der Waals surface area (Å²) in [6.45, 7) is 8.26. The zero-order valence-electron chi connectivity index (χ0n) is 18.4. The third kappa shape index (κ3) is 4.81. The highest BCUT2D eigenvalue weighted by atomic mass is 16.5. The molecule has 1 saturated heterocycles. The van der Waals surface area contributed by atoms with Gasteiger partial charge < -0.3 is 19.4 Å². The third-order valence-corrected chi connectivity index (χ3v) is 5.68. The largest absolute Gasteiger partial charge is 0.497 e. The van der Waals surface area contributed by atoms with Gasteiger partial charge in [-0.1, -0.05) is 18.2 Å². The van der Waals surface area contributed by atoms with Crippen molar-refractivity contribution < 1.29 is 14.3 Å². The number of rotatable bonds is 6. The van der Waals surface area contributed by atoms with Gasteiger partial charge in [0.2, 0.25) is 0 Å². The summed E-state index contributed by atoms with van der Waals surface area (Å²) in [7, 11) is 1.65. The average molecular weight is 420 g/mol. The van der Waals surface area contributed by atoms with Gasteiger partial charge in [0.25, 0.3) is 5.91 Å². The normalized spacial score (nSPS) is 14.4. The molecule has 1 aromatic heterocycles. The van der Waals surface area contributed by atoms with Crippen LogP contribution < -0.4 is 10.1 Å². The Morgan fingerprint density at radius 1 is 1.06 bits per heavy atom. The van der Waals surface area contributed by atoms with Crippen LogP contribution >= 0.6 is 0 Å². The molecule has 1 amide bonds. The fourth-order valence-electron chi connectivity index (χ4n) is 4.10. The first-order valence-corrected chi connectivity index (χ1v) is 10.6. The lowest BCUT2D eigenvalue weighted by Crippen LogP contribution is -2.35. The minimum absolute atomic E-state index is 0.106. The van der Waals surface area contributed by atoms with E-state index in [-0.39, 0.29) is 5.91 Å². The van der Waals surface area contributed by atoms with Crippen molar-refractivity contribution in [2.45, 2.75) is 20.4 Å². The molecule has 0 unspecified atom stereocenters. The molecule has 6 nitrogen and oxygen atoms in total. The molecule has 1 N–H and O–H groups in total. The predicted molar refractivity (Wildman–Crippen MR) is 122 cm³/mol. The van der Waals surface area contributed by atoms with E-state index in [0.717, 1.165) is 61.4 Å². The van der Waals surface area contributed by atoms with Gasteiger partial charge in [0.1, 0.15) is 5.75 Å². The van der Waals surface area contributed by atoms with Crippen molar-refractivity contribution in [1.29, 1.82) is 0 Å². The van der Waals surface area contributed by atoms with Gasteiger partial charge in [-0.15, -0.1) is 0 Å². The van der Waals surface area contributed by atoms with Crippen molar-refractivity contribution >= 4 is 11.6 Å². The molecule has 0 spiro atoms. The van der Waals surface area contributed by atoms with Crippen molar-refractivity contribution in [3.05, 3.63) is 77.1 Å². The van der Waals surface area contributed by atoms with E-state index >= 15 is 0 Å². The van der Waals surface area contributed by atoms with Gasteiger partial charge in [-0.2, -0.15) is 0 Å². The number of morpholine rings is 1. The molecule has 0 saturated carbocycles. The van der Waals surface area contributed by atoms with Gasteiger partial charge >= 0.3 is 0 Å². The Morgan fingerprint density at radius 2 is 1.84 bits per heavy atom. The van der Waals surface area contributed by atoms with Crippen LogP contribution in [0, 0.1) is 13.8 Å². The van der Waals surface area contributed by atoms with E-state index in [9.17, 15) is 4.79 Å². The van der Waals surface area contributed by atoms with Crippen molar-refractivity contribution in [3.8, 4) is 11.4 Å². The second-order valence-corrected chi connectivity index (χ2v) is 7.86. The molecule has 1 aliphatic rings. The highest BCUT2D eigenvalue weighted by Crippen LogP contribution is 2.24. The van der Waals surface area contributed by atoms with Gasteiger partial charge in [0.15, 0.2) is 0 Å². The molecule has 0 radical (unpaired) electrons. The number of nitrogens with one attached hydrogen (secondary N) is 1. The van der Waals surface area contributed by atoms with Crippen LogP contribution in [0.5, 0.6) is 5.75 Å². The number of hydrogen-bond donors (Lipinski definition) is 1. The van der Waals surface area contributed by atoms with Crippen molar-refractivity contribution in [2.24, 2.45) is 0 Å². The molecule has 0 atom stereocenters. The number of methoxy groups -OCH3 is 1. The van der Waals surface area contributed by atoms with E-state index in [1.54, 1.807) is 7.11 Å². The first-order valence-electron chi connectivity index (χ1n) is 10.6. The van der Waals surface area contributed by atoms with Gasteiger partial charge in [0.05, 0.1) is 25.9 Å². The fraction of sp³-hybridized carbons (Fsp3) is 0.320. The quantitative estimate of drug-likeness (QED) is 0.651. The van der Waals surface area contributed by atoms with Crippen LogP contribution in [-0.2, 0) is 11.3 Å². The van der Waals surface area contributed by atoms with Crippen molar-refractivity contribution in [2.75, 3.05) is 38.7 Å². The number of anilines is 1. The maximum absolute atomic E-state index is 13.1. The smallest absolute Gasteiger partial charge is 0.257 e. The summed E-state index contributed by atoms with van der Waals surface area (Å²) < 4.78 is 12.9. The van der Waals surface area contributed by atoms with Gasteiger partial charge in [0, 0.05) is 48.5 Å². The zero-order chi connectivity index (χ0) is 21.8. The molecule has 3 aromatic rings. The topological polar surface area (TPSA) is 55.7 Å². The lowest BCUT2D eigenvalue weighted by atomic mass is 10.1. The second kappa shape index (κ2) is 9.37. The number of nitrogens with zero attached hydrogens (tertiary/aromatic N) is 2. The highest BCUT2D eigenvalue weighted by molar-refractivity contribution is 6.05. The minimum atomic E-state index is -0.106. The maximum atomic E-state index is 13.1. The number of ether oxygens (including phenoxy) is 2. The summed E-state index contributed by atoms with van der Waals surface area (Å²) in [6.07, 6.45) is 0. The molecule has 162 valence electrons. The molecule has 6 heteroatoms. The van der Waals surface area contributed by atoms with Crippen LogP contribution in [0.3, 0.4) is 0 Å².